The van der Waals surface area contributed by atoms with Gasteiger partial charge in [0, 0.05) is 12.1 Å². The highest BCUT2D eigenvalue weighted by Gasteiger charge is 2.23. The van der Waals surface area contributed by atoms with Gasteiger partial charge in [-0.05, 0) is 24.6 Å². The van der Waals surface area contributed by atoms with Crippen LogP contribution in [0.2, 0.25) is 0 Å². The molecular weight excluding hydrogens is 212 g/mol. The number of ether oxygens (including phenoxy) is 1. The van der Waals surface area contributed by atoms with Gasteiger partial charge in [0.15, 0.2) is 0 Å². The Labute approximate surface area is 103 Å². The molecular formula is C14H22N2O. The van der Waals surface area contributed by atoms with E-state index in [2.05, 4.69) is 4.98 Å². The first kappa shape index (κ1) is 12.4. The molecule has 1 aliphatic carbocycles. The molecule has 1 unspecified atom stereocenters. The standard InChI is InChI=1S/C14H22N2O/c15-9-13(12-5-2-1-3-6-12)11-17-14-7-4-8-16-10-14/h4,7-8,10,12-13H,1-3,5-6,9,11,15H2. The van der Waals surface area contributed by atoms with Gasteiger partial charge in [-0.2, -0.15) is 0 Å². The lowest BCUT2D eigenvalue weighted by atomic mass is 9.80. The molecule has 1 aliphatic rings. The van der Waals surface area contributed by atoms with E-state index >= 15 is 0 Å². The van der Waals surface area contributed by atoms with E-state index in [0.29, 0.717) is 5.92 Å². The van der Waals surface area contributed by atoms with Gasteiger partial charge in [0.25, 0.3) is 0 Å². The Morgan fingerprint density at radius 2 is 2.18 bits per heavy atom. The molecule has 94 valence electrons. The Morgan fingerprint density at radius 3 is 2.82 bits per heavy atom. The summed E-state index contributed by atoms with van der Waals surface area (Å²) in [5.74, 6) is 2.10. The van der Waals surface area contributed by atoms with E-state index in [1.165, 1.54) is 32.1 Å². The third-order valence-electron chi connectivity index (χ3n) is 3.72. The molecule has 1 saturated carbocycles. The molecule has 0 aliphatic heterocycles. The van der Waals surface area contributed by atoms with Gasteiger partial charge in [-0.3, -0.25) is 4.98 Å². The summed E-state index contributed by atoms with van der Waals surface area (Å²) in [6, 6.07) is 3.84. The van der Waals surface area contributed by atoms with Gasteiger partial charge in [0.05, 0.1) is 12.8 Å². The molecule has 0 saturated heterocycles. The second-order valence-electron chi connectivity index (χ2n) is 4.89. The van der Waals surface area contributed by atoms with Crippen LogP contribution < -0.4 is 10.5 Å². The number of rotatable bonds is 5. The SMILES string of the molecule is NCC(COc1cccnc1)C1CCCCC1. The van der Waals surface area contributed by atoms with Crippen LogP contribution in [0.4, 0.5) is 0 Å². The maximum Gasteiger partial charge on any atom is 0.137 e. The minimum Gasteiger partial charge on any atom is -0.492 e. The van der Waals surface area contributed by atoms with Crippen LogP contribution in [0.15, 0.2) is 24.5 Å². The van der Waals surface area contributed by atoms with Crippen molar-refractivity contribution in [2.45, 2.75) is 32.1 Å². The topological polar surface area (TPSA) is 48.1 Å². The van der Waals surface area contributed by atoms with Crippen LogP contribution in [0.1, 0.15) is 32.1 Å². The molecule has 3 nitrogen and oxygen atoms in total. The predicted octanol–water partition coefficient (Wildman–Crippen LogP) is 2.62. The van der Waals surface area contributed by atoms with E-state index in [-0.39, 0.29) is 0 Å². The summed E-state index contributed by atoms with van der Waals surface area (Å²) in [5.41, 5.74) is 5.87. The number of aromatic nitrogens is 1. The molecule has 2 N–H and O–H groups in total. The van der Waals surface area contributed by atoms with Crippen molar-refractivity contribution in [2.24, 2.45) is 17.6 Å². The lowest BCUT2D eigenvalue weighted by molar-refractivity contribution is 0.167. The van der Waals surface area contributed by atoms with Crippen LogP contribution in [0.3, 0.4) is 0 Å². The molecule has 2 rings (SSSR count). The molecule has 3 heteroatoms. The number of hydrogen-bond acceptors (Lipinski definition) is 3. The summed E-state index contributed by atoms with van der Waals surface area (Å²) in [7, 11) is 0. The molecule has 0 radical (unpaired) electrons. The molecule has 1 atom stereocenters. The summed E-state index contributed by atoms with van der Waals surface area (Å²) in [6.45, 7) is 1.46. The van der Waals surface area contributed by atoms with Crippen molar-refractivity contribution in [3.05, 3.63) is 24.5 Å². The Hall–Kier alpha value is -1.09. The highest BCUT2D eigenvalue weighted by atomic mass is 16.5. The maximum absolute atomic E-state index is 5.87. The van der Waals surface area contributed by atoms with Gasteiger partial charge in [-0.15, -0.1) is 0 Å². The molecule has 1 heterocycles. The summed E-state index contributed by atoms with van der Waals surface area (Å²) in [4.78, 5) is 4.04. The molecule has 1 aromatic rings. The molecule has 0 bridgehead atoms. The summed E-state index contributed by atoms with van der Waals surface area (Å²) in [5, 5.41) is 0. The summed E-state index contributed by atoms with van der Waals surface area (Å²) >= 11 is 0. The van der Waals surface area contributed by atoms with Crippen LogP contribution in [-0.4, -0.2) is 18.1 Å². The Morgan fingerprint density at radius 1 is 1.35 bits per heavy atom. The fourth-order valence-corrected chi connectivity index (χ4v) is 2.64. The monoisotopic (exact) mass is 234 g/mol. The number of hydrogen-bond donors (Lipinski definition) is 1. The van der Waals surface area contributed by atoms with E-state index < -0.39 is 0 Å². The smallest absolute Gasteiger partial charge is 0.137 e. The largest absolute Gasteiger partial charge is 0.492 e. The lowest BCUT2D eigenvalue weighted by Crippen LogP contribution is -2.30. The normalized spacial score (nSPS) is 18.9. The van der Waals surface area contributed by atoms with Gasteiger partial charge >= 0.3 is 0 Å². The average molecular weight is 234 g/mol. The van der Waals surface area contributed by atoms with E-state index in [1.54, 1.807) is 12.4 Å². The summed E-state index contributed by atoms with van der Waals surface area (Å²) in [6.07, 6.45) is 10.2. The zero-order valence-corrected chi connectivity index (χ0v) is 10.3. The first-order valence-electron chi connectivity index (χ1n) is 6.63. The van der Waals surface area contributed by atoms with Crippen LogP contribution in [0.5, 0.6) is 5.75 Å². The quantitative estimate of drug-likeness (QED) is 0.852. The van der Waals surface area contributed by atoms with Gasteiger partial charge in [-0.1, -0.05) is 32.1 Å². The van der Waals surface area contributed by atoms with Gasteiger partial charge in [0.2, 0.25) is 0 Å². The van der Waals surface area contributed by atoms with Crippen molar-refractivity contribution >= 4 is 0 Å². The van der Waals surface area contributed by atoms with Crippen LogP contribution in [0, 0.1) is 11.8 Å². The molecule has 1 fully saturated rings. The van der Waals surface area contributed by atoms with E-state index in [9.17, 15) is 0 Å². The first-order valence-corrected chi connectivity index (χ1v) is 6.63. The van der Waals surface area contributed by atoms with Crippen LogP contribution in [0.25, 0.3) is 0 Å². The van der Waals surface area contributed by atoms with Crippen molar-refractivity contribution in [1.82, 2.24) is 4.98 Å². The first-order chi connectivity index (χ1) is 8.40. The van der Waals surface area contributed by atoms with Gasteiger partial charge in [-0.25, -0.2) is 0 Å². The maximum atomic E-state index is 5.87. The highest BCUT2D eigenvalue weighted by molar-refractivity contribution is 5.15. The second kappa shape index (κ2) is 6.60. The van der Waals surface area contributed by atoms with E-state index in [4.69, 9.17) is 10.5 Å². The van der Waals surface area contributed by atoms with Crippen LogP contribution >= 0.6 is 0 Å². The third-order valence-corrected chi connectivity index (χ3v) is 3.72. The number of pyridine rings is 1. The zero-order valence-electron chi connectivity index (χ0n) is 10.3. The minimum atomic E-state index is 0.496. The molecule has 17 heavy (non-hydrogen) atoms. The van der Waals surface area contributed by atoms with Gasteiger partial charge in [0.1, 0.15) is 5.75 Å². The number of nitrogens with zero attached hydrogens (tertiary/aromatic N) is 1. The van der Waals surface area contributed by atoms with Crippen molar-refractivity contribution in [3.8, 4) is 5.75 Å². The predicted molar refractivity (Wildman–Crippen MR) is 68.9 cm³/mol. The third kappa shape index (κ3) is 3.70. The fourth-order valence-electron chi connectivity index (χ4n) is 2.64. The molecule has 0 aromatic carbocycles. The Bertz CT molecular complexity index is 309. The van der Waals surface area contributed by atoms with Crippen molar-refractivity contribution in [2.75, 3.05) is 13.2 Å². The van der Waals surface area contributed by atoms with Gasteiger partial charge < -0.3 is 10.5 Å². The average Bonchev–Trinajstić information content (AvgIpc) is 2.42. The minimum absolute atomic E-state index is 0.496. The second-order valence-corrected chi connectivity index (χ2v) is 4.89. The Balaban J connectivity index is 1.82. The Kier molecular flexibility index (Phi) is 4.80. The zero-order chi connectivity index (χ0) is 11.9. The summed E-state index contributed by atoms with van der Waals surface area (Å²) < 4.78 is 5.77. The van der Waals surface area contributed by atoms with E-state index in [1.807, 2.05) is 12.1 Å². The molecule has 0 amide bonds. The van der Waals surface area contributed by atoms with E-state index in [0.717, 1.165) is 24.8 Å². The van der Waals surface area contributed by atoms with Crippen LogP contribution in [-0.2, 0) is 0 Å². The lowest BCUT2D eigenvalue weighted by Gasteiger charge is -2.29. The van der Waals surface area contributed by atoms with Crippen molar-refractivity contribution in [3.63, 3.8) is 0 Å². The molecule has 0 spiro atoms. The highest BCUT2D eigenvalue weighted by Crippen LogP contribution is 2.29. The fraction of sp³-hybridized carbons (Fsp3) is 0.643. The molecule has 1 aromatic heterocycles. The number of nitrogens with two attached hydrogens (primary N) is 1. The van der Waals surface area contributed by atoms with Crippen molar-refractivity contribution in [1.29, 1.82) is 0 Å². The van der Waals surface area contributed by atoms with Crippen molar-refractivity contribution < 1.29 is 4.74 Å².